The highest BCUT2D eigenvalue weighted by atomic mass is 35.5. The summed E-state index contributed by atoms with van der Waals surface area (Å²) in [5.41, 5.74) is 7.65. The first-order valence-electron chi connectivity index (χ1n) is 8.97. The van der Waals surface area contributed by atoms with E-state index >= 15 is 0 Å². The summed E-state index contributed by atoms with van der Waals surface area (Å²) in [6, 6.07) is 10.7. The minimum atomic E-state index is 0. The van der Waals surface area contributed by atoms with Gasteiger partial charge in [-0.1, -0.05) is 36.8 Å². The van der Waals surface area contributed by atoms with Crippen LogP contribution in [0.5, 0.6) is 0 Å². The molecule has 0 aliphatic carbocycles. The lowest BCUT2D eigenvalue weighted by Crippen LogP contribution is -2.46. The zero-order chi connectivity index (χ0) is 17.5. The van der Waals surface area contributed by atoms with Crippen molar-refractivity contribution in [2.24, 2.45) is 5.73 Å². The highest BCUT2D eigenvalue weighted by Crippen LogP contribution is 2.25. The van der Waals surface area contributed by atoms with Gasteiger partial charge in [0.2, 0.25) is 5.91 Å². The van der Waals surface area contributed by atoms with Gasteiger partial charge in [-0.05, 0) is 19.4 Å². The Bertz CT molecular complexity index is 679. The first-order chi connectivity index (χ1) is 12.3. The molecule has 5 nitrogen and oxygen atoms in total. The van der Waals surface area contributed by atoms with Crippen LogP contribution in [0.25, 0.3) is 11.3 Å². The highest BCUT2D eigenvalue weighted by Gasteiger charge is 2.23. The maximum atomic E-state index is 11.7. The largest absolute Gasteiger partial charge is 0.354 e. The van der Waals surface area contributed by atoms with Crippen molar-refractivity contribution < 1.29 is 4.79 Å². The van der Waals surface area contributed by atoms with E-state index < -0.39 is 0 Å². The number of hydrogen-bond acceptors (Lipinski definition) is 5. The number of nitrogens with one attached hydrogen (secondary N) is 1. The highest BCUT2D eigenvalue weighted by molar-refractivity contribution is 7.09. The number of thiazole rings is 1. The van der Waals surface area contributed by atoms with Crippen molar-refractivity contribution >= 4 is 29.7 Å². The predicted octanol–water partition coefficient (Wildman–Crippen LogP) is 3.05. The van der Waals surface area contributed by atoms with Crippen LogP contribution in [0.1, 0.15) is 30.7 Å². The van der Waals surface area contributed by atoms with Crippen molar-refractivity contribution in [2.45, 2.75) is 38.3 Å². The number of piperidine rings is 1. The third-order valence-corrected chi connectivity index (χ3v) is 5.45. The van der Waals surface area contributed by atoms with E-state index in [4.69, 9.17) is 10.7 Å². The Labute approximate surface area is 165 Å². The Kier molecular flexibility index (Phi) is 8.51. The molecule has 1 amide bonds. The minimum Gasteiger partial charge on any atom is -0.354 e. The summed E-state index contributed by atoms with van der Waals surface area (Å²) in [5, 5.41) is 6.29. The van der Waals surface area contributed by atoms with Crippen LogP contribution in [0.2, 0.25) is 0 Å². The number of aromatic nitrogens is 1. The first kappa shape index (κ1) is 20.8. The molecule has 3 N–H and O–H groups in total. The van der Waals surface area contributed by atoms with E-state index in [2.05, 4.69) is 27.7 Å². The zero-order valence-corrected chi connectivity index (χ0v) is 16.5. The van der Waals surface area contributed by atoms with Crippen LogP contribution < -0.4 is 11.1 Å². The maximum absolute atomic E-state index is 11.7. The third kappa shape index (κ3) is 5.77. The molecule has 0 radical (unpaired) electrons. The number of amides is 1. The number of carbonyl (C=O) groups is 1. The Hall–Kier alpha value is -1.47. The molecule has 1 atom stereocenters. The van der Waals surface area contributed by atoms with Crippen LogP contribution in [-0.4, -0.2) is 41.5 Å². The fourth-order valence-electron chi connectivity index (χ4n) is 3.25. The zero-order valence-electron chi connectivity index (χ0n) is 14.9. The third-order valence-electron chi connectivity index (χ3n) is 4.61. The van der Waals surface area contributed by atoms with Gasteiger partial charge in [0, 0.05) is 36.5 Å². The second-order valence-corrected chi connectivity index (χ2v) is 7.40. The van der Waals surface area contributed by atoms with Crippen LogP contribution in [0.3, 0.4) is 0 Å². The molecule has 2 aromatic rings. The Morgan fingerprint density at radius 1 is 1.31 bits per heavy atom. The second-order valence-electron chi connectivity index (χ2n) is 6.46. The van der Waals surface area contributed by atoms with Gasteiger partial charge in [0.05, 0.1) is 12.2 Å². The van der Waals surface area contributed by atoms with Crippen molar-refractivity contribution in [3.63, 3.8) is 0 Å². The van der Waals surface area contributed by atoms with Crippen molar-refractivity contribution in [3.8, 4) is 11.3 Å². The standard InChI is InChI=1S/C19H26N4OS.ClH/c20-10-9-18(24)21-12-16-8-4-5-11-23(16)13-19-22-17(14-25-19)15-6-2-1-3-7-15;/h1-3,6-7,14,16H,4-5,8-13,20H2,(H,21,24);1H. The molecule has 1 aliphatic rings. The Balaban J connectivity index is 0.00000243. The van der Waals surface area contributed by atoms with Gasteiger partial charge in [-0.15, -0.1) is 23.7 Å². The van der Waals surface area contributed by atoms with Gasteiger partial charge < -0.3 is 11.1 Å². The molecule has 0 spiro atoms. The molecule has 1 aliphatic heterocycles. The maximum Gasteiger partial charge on any atom is 0.221 e. The smallest absolute Gasteiger partial charge is 0.221 e. The van der Waals surface area contributed by atoms with E-state index in [0.717, 1.165) is 35.8 Å². The van der Waals surface area contributed by atoms with Crippen LogP contribution >= 0.6 is 23.7 Å². The van der Waals surface area contributed by atoms with Gasteiger partial charge in [-0.25, -0.2) is 4.98 Å². The fraction of sp³-hybridized carbons (Fsp3) is 0.474. The molecule has 3 rings (SSSR count). The lowest BCUT2D eigenvalue weighted by atomic mass is 10.0. The molecule has 0 saturated carbocycles. The van der Waals surface area contributed by atoms with Crippen LogP contribution in [0, 0.1) is 0 Å². The van der Waals surface area contributed by atoms with Gasteiger partial charge >= 0.3 is 0 Å². The summed E-state index contributed by atoms with van der Waals surface area (Å²) in [4.78, 5) is 19.0. The van der Waals surface area contributed by atoms with Crippen molar-refractivity contribution in [3.05, 3.63) is 40.7 Å². The number of hydrogen-bond donors (Lipinski definition) is 2. The number of nitrogens with zero attached hydrogens (tertiary/aromatic N) is 2. The van der Waals surface area contributed by atoms with E-state index in [-0.39, 0.29) is 18.3 Å². The number of rotatable bonds is 7. The van der Waals surface area contributed by atoms with Crippen LogP contribution in [0.4, 0.5) is 0 Å². The van der Waals surface area contributed by atoms with Gasteiger partial charge in [0.15, 0.2) is 0 Å². The molecule has 142 valence electrons. The summed E-state index contributed by atoms with van der Waals surface area (Å²) in [7, 11) is 0. The van der Waals surface area contributed by atoms with Crippen molar-refractivity contribution in [2.75, 3.05) is 19.6 Å². The topological polar surface area (TPSA) is 71.2 Å². The number of benzene rings is 1. The molecule has 2 heterocycles. The number of halogens is 1. The van der Waals surface area contributed by atoms with E-state index in [1.165, 1.54) is 12.8 Å². The molecular formula is C19H27ClN4OS. The van der Waals surface area contributed by atoms with Crippen LogP contribution in [-0.2, 0) is 11.3 Å². The summed E-state index contributed by atoms with van der Waals surface area (Å²) < 4.78 is 0. The molecule has 1 fully saturated rings. The summed E-state index contributed by atoms with van der Waals surface area (Å²) in [6.07, 6.45) is 3.96. The second kappa shape index (κ2) is 10.6. The van der Waals surface area contributed by atoms with E-state index in [0.29, 0.717) is 25.6 Å². The Morgan fingerprint density at radius 3 is 2.88 bits per heavy atom. The number of carbonyl (C=O) groups excluding carboxylic acids is 1. The SMILES string of the molecule is Cl.NCCC(=O)NCC1CCCCN1Cc1nc(-c2ccccc2)cs1. The average Bonchev–Trinajstić information content (AvgIpc) is 3.11. The molecule has 1 aromatic carbocycles. The number of nitrogens with two attached hydrogens (primary N) is 1. The lowest BCUT2D eigenvalue weighted by molar-refractivity contribution is -0.121. The van der Waals surface area contributed by atoms with Crippen molar-refractivity contribution in [1.82, 2.24) is 15.2 Å². The van der Waals surface area contributed by atoms with Crippen molar-refractivity contribution in [1.29, 1.82) is 0 Å². The normalized spacial score (nSPS) is 17.5. The monoisotopic (exact) mass is 394 g/mol. The fourth-order valence-corrected chi connectivity index (χ4v) is 4.08. The molecule has 1 aromatic heterocycles. The van der Waals surface area contributed by atoms with Gasteiger partial charge in [0.25, 0.3) is 0 Å². The van der Waals surface area contributed by atoms with E-state index in [1.54, 1.807) is 11.3 Å². The summed E-state index contributed by atoms with van der Waals surface area (Å²) in [5.74, 6) is 0.0497. The predicted molar refractivity (Wildman–Crippen MR) is 110 cm³/mol. The van der Waals surface area contributed by atoms with Gasteiger partial charge in [-0.2, -0.15) is 0 Å². The summed E-state index contributed by atoms with van der Waals surface area (Å²) >= 11 is 1.72. The Morgan fingerprint density at radius 2 is 2.12 bits per heavy atom. The molecule has 1 saturated heterocycles. The molecule has 7 heteroatoms. The van der Waals surface area contributed by atoms with Crippen LogP contribution in [0.15, 0.2) is 35.7 Å². The minimum absolute atomic E-state index is 0. The molecule has 1 unspecified atom stereocenters. The average molecular weight is 395 g/mol. The molecular weight excluding hydrogens is 368 g/mol. The van der Waals surface area contributed by atoms with E-state index in [9.17, 15) is 4.79 Å². The number of likely N-dealkylation sites (tertiary alicyclic amines) is 1. The molecule has 26 heavy (non-hydrogen) atoms. The van der Waals surface area contributed by atoms with Gasteiger partial charge in [0.1, 0.15) is 5.01 Å². The quantitative estimate of drug-likeness (QED) is 0.757. The molecule has 0 bridgehead atoms. The van der Waals surface area contributed by atoms with E-state index in [1.807, 2.05) is 18.2 Å². The summed E-state index contributed by atoms with van der Waals surface area (Å²) in [6.45, 7) is 3.03. The lowest BCUT2D eigenvalue weighted by Gasteiger charge is -2.35. The van der Waals surface area contributed by atoms with Gasteiger partial charge in [-0.3, -0.25) is 9.69 Å². The first-order valence-corrected chi connectivity index (χ1v) is 9.85.